The van der Waals surface area contributed by atoms with E-state index in [1.165, 1.54) is 12.1 Å². The molecule has 1 N–H and O–H groups in total. The molecule has 2 aromatic rings. The van der Waals surface area contributed by atoms with Crippen molar-refractivity contribution in [2.24, 2.45) is 0 Å². The van der Waals surface area contributed by atoms with E-state index in [0.717, 1.165) is 5.56 Å². The van der Waals surface area contributed by atoms with Crippen molar-refractivity contribution >= 4 is 17.8 Å². The summed E-state index contributed by atoms with van der Waals surface area (Å²) in [4.78, 5) is 35.8. The highest BCUT2D eigenvalue weighted by Gasteiger charge is 2.36. The van der Waals surface area contributed by atoms with E-state index >= 15 is 0 Å². The third kappa shape index (κ3) is 2.66. The molecule has 1 aliphatic heterocycles. The summed E-state index contributed by atoms with van der Waals surface area (Å²) >= 11 is 0. The summed E-state index contributed by atoms with van der Waals surface area (Å²) in [6, 6.07) is 11.9. The molecule has 0 aliphatic carbocycles. The number of aryl methyl sites for hydroxylation is 1. The number of amides is 2. The van der Waals surface area contributed by atoms with Gasteiger partial charge in [0.1, 0.15) is 18.0 Å². The van der Waals surface area contributed by atoms with Crippen molar-refractivity contribution in [2.75, 3.05) is 6.54 Å². The molecule has 116 valence electrons. The van der Waals surface area contributed by atoms with Crippen LogP contribution in [0.2, 0.25) is 0 Å². The van der Waals surface area contributed by atoms with Crippen LogP contribution in [0.25, 0.3) is 0 Å². The number of carbonyl (C=O) groups excluding carboxylic acids is 2. The summed E-state index contributed by atoms with van der Waals surface area (Å²) in [7, 11) is 0. The van der Waals surface area contributed by atoms with E-state index < -0.39 is 24.3 Å². The van der Waals surface area contributed by atoms with E-state index in [0.29, 0.717) is 16.4 Å². The van der Waals surface area contributed by atoms with Crippen LogP contribution in [0.3, 0.4) is 0 Å². The zero-order valence-electron chi connectivity index (χ0n) is 12.3. The highest BCUT2D eigenvalue weighted by molar-refractivity contribution is 6.22. The van der Waals surface area contributed by atoms with Crippen LogP contribution in [0.1, 0.15) is 26.3 Å². The number of carboxylic acid groups (broad SMARTS) is 1. The molecule has 0 atom stereocenters. The van der Waals surface area contributed by atoms with E-state index in [2.05, 4.69) is 0 Å². The average Bonchev–Trinajstić information content (AvgIpc) is 2.74. The van der Waals surface area contributed by atoms with Crippen molar-refractivity contribution in [3.63, 3.8) is 0 Å². The van der Waals surface area contributed by atoms with Crippen LogP contribution in [0.4, 0.5) is 0 Å². The first-order valence-corrected chi connectivity index (χ1v) is 6.93. The van der Waals surface area contributed by atoms with Crippen molar-refractivity contribution in [1.29, 1.82) is 0 Å². The van der Waals surface area contributed by atoms with Gasteiger partial charge >= 0.3 is 5.97 Å². The fraction of sp³-hybridized carbons (Fsp3) is 0.118. The lowest BCUT2D eigenvalue weighted by Gasteiger charge is -2.09. The van der Waals surface area contributed by atoms with Gasteiger partial charge in [0, 0.05) is 0 Å². The molecule has 6 nitrogen and oxygen atoms in total. The van der Waals surface area contributed by atoms with Crippen LogP contribution in [0.15, 0.2) is 42.5 Å². The number of ether oxygens (including phenoxy) is 1. The molecule has 0 fully saturated rings. The molecular formula is C17H13NO5. The number of rotatable bonds is 4. The Morgan fingerprint density at radius 3 is 2.48 bits per heavy atom. The monoisotopic (exact) mass is 311 g/mol. The topological polar surface area (TPSA) is 83.9 Å². The van der Waals surface area contributed by atoms with E-state index in [9.17, 15) is 14.4 Å². The second-order valence-electron chi connectivity index (χ2n) is 5.17. The first-order valence-electron chi connectivity index (χ1n) is 6.93. The lowest BCUT2D eigenvalue weighted by atomic mass is 10.1. The van der Waals surface area contributed by atoms with Gasteiger partial charge in [0.25, 0.3) is 11.8 Å². The molecule has 0 saturated carbocycles. The minimum absolute atomic E-state index is 0.155. The first kappa shape index (κ1) is 14.8. The van der Waals surface area contributed by atoms with Gasteiger partial charge in [0.2, 0.25) is 0 Å². The van der Waals surface area contributed by atoms with E-state index in [1.807, 2.05) is 25.1 Å². The van der Waals surface area contributed by atoms with Crippen molar-refractivity contribution in [2.45, 2.75) is 6.92 Å². The number of benzene rings is 2. The third-order valence-corrected chi connectivity index (χ3v) is 3.56. The quantitative estimate of drug-likeness (QED) is 0.877. The molecule has 0 radical (unpaired) electrons. The van der Waals surface area contributed by atoms with E-state index in [-0.39, 0.29) is 11.1 Å². The number of carboxylic acids is 1. The summed E-state index contributed by atoms with van der Waals surface area (Å²) in [5, 5.41) is 8.80. The summed E-state index contributed by atoms with van der Waals surface area (Å²) < 4.78 is 5.74. The minimum Gasteiger partial charge on any atom is -0.480 e. The summed E-state index contributed by atoms with van der Waals surface area (Å²) in [5.74, 6) is -1.41. The second kappa shape index (κ2) is 5.57. The predicted molar refractivity (Wildman–Crippen MR) is 80.7 cm³/mol. The van der Waals surface area contributed by atoms with Gasteiger partial charge < -0.3 is 9.84 Å². The summed E-state index contributed by atoms with van der Waals surface area (Å²) in [6.07, 6.45) is 0. The van der Waals surface area contributed by atoms with Crippen LogP contribution in [-0.4, -0.2) is 34.3 Å². The fourth-order valence-corrected chi connectivity index (χ4v) is 2.41. The Morgan fingerprint density at radius 2 is 1.78 bits per heavy atom. The number of hydrogen-bond donors (Lipinski definition) is 1. The number of aliphatic carboxylic acids is 1. The summed E-state index contributed by atoms with van der Waals surface area (Å²) in [5.41, 5.74) is 1.28. The predicted octanol–water partition coefficient (Wildman–Crippen LogP) is 2.47. The van der Waals surface area contributed by atoms with Crippen LogP contribution < -0.4 is 4.74 Å². The van der Waals surface area contributed by atoms with Crippen molar-refractivity contribution in [3.05, 3.63) is 59.2 Å². The molecule has 23 heavy (non-hydrogen) atoms. The molecule has 2 amide bonds. The lowest BCUT2D eigenvalue weighted by molar-refractivity contribution is -0.137. The highest BCUT2D eigenvalue weighted by atomic mass is 16.5. The van der Waals surface area contributed by atoms with Crippen LogP contribution >= 0.6 is 0 Å². The van der Waals surface area contributed by atoms with Gasteiger partial charge in [0.05, 0.1) is 11.1 Å². The molecular weight excluding hydrogens is 298 g/mol. The Balaban J connectivity index is 1.91. The Hall–Kier alpha value is -3.15. The van der Waals surface area contributed by atoms with Gasteiger partial charge in [0.15, 0.2) is 0 Å². The Bertz CT molecular complexity index is 827. The fourth-order valence-electron chi connectivity index (χ4n) is 2.41. The standard InChI is InChI=1S/C17H13NO5/c1-10-4-2-3-5-14(10)23-11-6-7-12-13(8-11)17(22)18(16(12)21)9-15(19)20/h2-8H,9H2,1H3,(H,19,20). The van der Waals surface area contributed by atoms with E-state index in [4.69, 9.17) is 9.84 Å². The van der Waals surface area contributed by atoms with Crippen molar-refractivity contribution in [1.82, 2.24) is 4.90 Å². The third-order valence-electron chi connectivity index (χ3n) is 3.56. The first-order chi connectivity index (χ1) is 11.0. The largest absolute Gasteiger partial charge is 0.480 e. The number of imide groups is 1. The molecule has 6 heteroatoms. The Labute approximate surface area is 131 Å². The molecule has 1 aliphatic rings. The van der Waals surface area contributed by atoms with Gasteiger partial charge in [-0.2, -0.15) is 0 Å². The van der Waals surface area contributed by atoms with Crippen LogP contribution in [-0.2, 0) is 4.79 Å². The number of para-hydroxylation sites is 1. The van der Waals surface area contributed by atoms with Crippen LogP contribution in [0.5, 0.6) is 11.5 Å². The summed E-state index contributed by atoms with van der Waals surface area (Å²) in [6.45, 7) is 1.24. The number of carbonyl (C=O) groups is 3. The molecule has 2 aromatic carbocycles. The molecule has 0 saturated heterocycles. The molecule has 0 unspecified atom stereocenters. The molecule has 0 spiro atoms. The maximum absolute atomic E-state index is 12.2. The van der Waals surface area contributed by atoms with Gasteiger partial charge in [-0.05, 0) is 36.8 Å². The molecule has 0 bridgehead atoms. The highest BCUT2D eigenvalue weighted by Crippen LogP contribution is 2.30. The molecule has 3 rings (SSSR count). The maximum Gasteiger partial charge on any atom is 0.323 e. The number of nitrogens with zero attached hydrogens (tertiary/aromatic N) is 1. The zero-order valence-corrected chi connectivity index (χ0v) is 12.3. The molecule has 0 aromatic heterocycles. The Morgan fingerprint density at radius 1 is 1.09 bits per heavy atom. The van der Waals surface area contributed by atoms with Crippen molar-refractivity contribution in [3.8, 4) is 11.5 Å². The normalized spacial score (nSPS) is 13.2. The SMILES string of the molecule is Cc1ccccc1Oc1ccc2c(c1)C(=O)N(CC(=O)O)C2=O. The van der Waals surface area contributed by atoms with Crippen LogP contribution in [0, 0.1) is 6.92 Å². The molecule has 1 heterocycles. The van der Waals surface area contributed by atoms with Gasteiger partial charge in [-0.3, -0.25) is 19.3 Å². The minimum atomic E-state index is -1.24. The van der Waals surface area contributed by atoms with Gasteiger partial charge in [-0.25, -0.2) is 0 Å². The Kier molecular flexibility index (Phi) is 3.57. The smallest absolute Gasteiger partial charge is 0.323 e. The van der Waals surface area contributed by atoms with Crippen molar-refractivity contribution < 1.29 is 24.2 Å². The van der Waals surface area contributed by atoms with Gasteiger partial charge in [-0.1, -0.05) is 18.2 Å². The van der Waals surface area contributed by atoms with Gasteiger partial charge in [-0.15, -0.1) is 0 Å². The number of hydrogen-bond acceptors (Lipinski definition) is 4. The second-order valence-corrected chi connectivity index (χ2v) is 5.17. The average molecular weight is 311 g/mol. The zero-order chi connectivity index (χ0) is 16.6. The van der Waals surface area contributed by atoms with E-state index in [1.54, 1.807) is 12.1 Å². The lowest BCUT2D eigenvalue weighted by Crippen LogP contribution is -2.34. The maximum atomic E-state index is 12.2. The number of fused-ring (bicyclic) bond motifs is 1.